The van der Waals surface area contributed by atoms with Crippen molar-refractivity contribution in [3.8, 4) is 5.75 Å². The van der Waals surface area contributed by atoms with E-state index in [0.29, 0.717) is 12.6 Å². The van der Waals surface area contributed by atoms with Crippen molar-refractivity contribution in [1.82, 2.24) is 9.80 Å². The number of piperidine rings is 1. The second-order valence-corrected chi connectivity index (χ2v) is 10.2. The lowest BCUT2D eigenvalue weighted by atomic mass is 9.87. The summed E-state index contributed by atoms with van der Waals surface area (Å²) in [4.78, 5) is 17.9. The lowest BCUT2D eigenvalue weighted by Gasteiger charge is -2.51. The number of hydrogen-bond acceptors (Lipinski definition) is 5. The Morgan fingerprint density at radius 1 is 1.22 bits per heavy atom. The maximum absolute atomic E-state index is 13.2. The van der Waals surface area contributed by atoms with E-state index in [1.165, 1.54) is 25.7 Å². The molecule has 0 radical (unpaired) electrons. The molecule has 178 valence electrons. The fourth-order valence-electron chi connectivity index (χ4n) is 5.69. The van der Waals surface area contributed by atoms with Gasteiger partial charge in [-0.2, -0.15) is 0 Å². The largest absolute Gasteiger partial charge is 0.491 e. The van der Waals surface area contributed by atoms with Gasteiger partial charge in [-0.3, -0.25) is 9.69 Å². The molecule has 1 aromatic rings. The van der Waals surface area contributed by atoms with Crippen LogP contribution >= 0.6 is 0 Å². The van der Waals surface area contributed by atoms with Gasteiger partial charge in [0.25, 0.3) is 5.91 Å². The van der Waals surface area contributed by atoms with Gasteiger partial charge < -0.3 is 19.1 Å². The third kappa shape index (κ3) is 5.29. The number of carbonyl (C=O) groups is 1. The highest BCUT2D eigenvalue weighted by atomic mass is 16.5. The topological polar surface area (TPSA) is 51.2 Å². The molecule has 2 aliphatic heterocycles. The van der Waals surface area contributed by atoms with Gasteiger partial charge in [0.15, 0.2) is 0 Å². The summed E-state index contributed by atoms with van der Waals surface area (Å²) in [6.07, 6.45) is 7.29. The van der Waals surface area contributed by atoms with Gasteiger partial charge in [0.2, 0.25) is 0 Å². The van der Waals surface area contributed by atoms with E-state index in [1.54, 1.807) is 7.11 Å². The molecule has 2 saturated heterocycles. The number of ether oxygens (including phenoxy) is 3. The molecule has 6 heteroatoms. The predicted molar refractivity (Wildman–Crippen MR) is 125 cm³/mol. The molecule has 0 bridgehead atoms. The first-order valence-corrected chi connectivity index (χ1v) is 12.4. The maximum atomic E-state index is 13.2. The molecule has 2 heterocycles. The van der Waals surface area contributed by atoms with Crippen LogP contribution in [-0.4, -0.2) is 79.5 Å². The molecule has 1 amide bonds. The lowest BCUT2D eigenvalue weighted by Crippen LogP contribution is -2.62. The third-order valence-corrected chi connectivity index (χ3v) is 7.29. The highest BCUT2D eigenvalue weighted by Crippen LogP contribution is 2.36. The lowest BCUT2D eigenvalue weighted by molar-refractivity contribution is -0.191. The zero-order chi connectivity index (χ0) is 22.7. The Labute approximate surface area is 193 Å². The van der Waals surface area contributed by atoms with Gasteiger partial charge in [-0.25, -0.2) is 0 Å². The van der Waals surface area contributed by atoms with Gasteiger partial charge in [0.1, 0.15) is 5.75 Å². The van der Waals surface area contributed by atoms with Crippen molar-refractivity contribution >= 4 is 5.91 Å². The Kier molecular flexibility index (Phi) is 7.43. The van der Waals surface area contributed by atoms with Crippen LogP contribution in [0.2, 0.25) is 0 Å². The molecule has 1 atom stereocenters. The minimum Gasteiger partial charge on any atom is -0.491 e. The monoisotopic (exact) mass is 444 g/mol. The van der Waals surface area contributed by atoms with Crippen molar-refractivity contribution in [3.63, 3.8) is 0 Å². The molecule has 1 unspecified atom stereocenters. The molecule has 1 saturated carbocycles. The van der Waals surface area contributed by atoms with Crippen LogP contribution in [0.5, 0.6) is 5.75 Å². The molecule has 32 heavy (non-hydrogen) atoms. The van der Waals surface area contributed by atoms with E-state index in [9.17, 15) is 4.79 Å². The number of amides is 1. The van der Waals surface area contributed by atoms with Gasteiger partial charge in [-0.05, 0) is 70.2 Å². The van der Waals surface area contributed by atoms with Gasteiger partial charge in [-0.1, -0.05) is 12.8 Å². The van der Waals surface area contributed by atoms with Crippen LogP contribution in [0.1, 0.15) is 68.3 Å². The summed E-state index contributed by atoms with van der Waals surface area (Å²) in [6, 6.07) is 6.46. The van der Waals surface area contributed by atoms with E-state index in [2.05, 4.69) is 4.90 Å². The molecular weight excluding hydrogens is 404 g/mol. The Balaban J connectivity index is 1.40. The van der Waals surface area contributed by atoms with Crippen LogP contribution in [0.25, 0.3) is 0 Å². The highest BCUT2D eigenvalue weighted by molar-refractivity contribution is 5.94. The predicted octanol–water partition coefficient (Wildman–Crippen LogP) is 4.05. The molecule has 6 nitrogen and oxygen atoms in total. The minimum atomic E-state index is -0.161. The Hall–Kier alpha value is -1.63. The number of rotatable bonds is 6. The average molecular weight is 445 g/mol. The number of aryl methyl sites for hydroxylation is 1. The summed E-state index contributed by atoms with van der Waals surface area (Å²) in [5.41, 5.74) is 1.58. The van der Waals surface area contributed by atoms with Crippen molar-refractivity contribution in [2.45, 2.75) is 83.1 Å². The number of benzene rings is 1. The number of likely N-dealkylation sites (tertiary alicyclic amines) is 1. The van der Waals surface area contributed by atoms with Crippen LogP contribution in [-0.2, 0) is 9.47 Å². The van der Waals surface area contributed by atoms with E-state index in [4.69, 9.17) is 14.2 Å². The fourth-order valence-corrected chi connectivity index (χ4v) is 5.69. The first kappa shape index (κ1) is 23.5. The second kappa shape index (κ2) is 10.1. The molecule has 3 fully saturated rings. The number of methoxy groups -OCH3 is 1. The van der Waals surface area contributed by atoms with E-state index in [1.807, 2.05) is 43.9 Å². The van der Waals surface area contributed by atoms with Crippen molar-refractivity contribution in [2.24, 2.45) is 0 Å². The van der Waals surface area contributed by atoms with E-state index in [0.717, 1.165) is 55.9 Å². The van der Waals surface area contributed by atoms with Gasteiger partial charge in [0.05, 0.1) is 24.4 Å². The Bertz CT molecular complexity index is 782. The van der Waals surface area contributed by atoms with Crippen LogP contribution in [0.3, 0.4) is 0 Å². The SMILES string of the molecule is COCC1CN(C2CCCC2)CC2(CCN(C(=O)c3ccc(OC(C)C)c(C)c3)CC2)O1. The molecular formula is C26H40N2O4. The molecule has 0 aromatic heterocycles. The Morgan fingerprint density at radius 2 is 1.94 bits per heavy atom. The van der Waals surface area contributed by atoms with E-state index < -0.39 is 0 Å². The van der Waals surface area contributed by atoms with Crippen LogP contribution in [0, 0.1) is 6.92 Å². The summed E-state index contributed by atoms with van der Waals surface area (Å²) in [6.45, 7) is 10.1. The maximum Gasteiger partial charge on any atom is 0.253 e. The van der Waals surface area contributed by atoms with Crippen molar-refractivity contribution in [1.29, 1.82) is 0 Å². The molecule has 1 aromatic carbocycles. The smallest absolute Gasteiger partial charge is 0.253 e. The zero-order valence-corrected chi connectivity index (χ0v) is 20.3. The number of hydrogen-bond donors (Lipinski definition) is 0. The number of nitrogens with zero attached hydrogens (tertiary/aromatic N) is 2. The van der Waals surface area contributed by atoms with Crippen molar-refractivity contribution < 1.29 is 19.0 Å². The third-order valence-electron chi connectivity index (χ3n) is 7.29. The summed E-state index contributed by atoms with van der Waals surface area (Å²) >= 11 is 0. The second-order valence-electron chi connectivity index (χ2n) is 10.2. The molecule has 1 spiro atoms. The van der Waals surface area contributed by atoms with Crippen LogP contribution in [0.4, 0.5) is 0 Å². The van der Waals surface area contributed by atoms with Gasteiger partial charge >= 0.3 is 0 Å². The summed E-state index contributed by atoms with van der Waals surface area (Å²) in [5.74, 6) is 0.955. The van der Waals surface area contributed by atoms with Gasteiger partial charge in [0, 0.05) is 44.9 Å². The fraction of sp³-hybridized carbons (Fsp3) is 0.731. The van der Waals surface area contributed by atoms with Gasteiger partial charge in [-0.15, -0.1) is 0 Å². The van der Waals surface area contributed by atoms with Crippen molar-refractivity contribution in [2.75, 3.05) is 39.9 Å². The number of morpholine rings is 1. The molecule has 4 rings (SSSR count). The standard InChI is InChI=1S/C26H40N2O4/c1-19(2)31-24-10-9-21(15-20(24)3)25(29)27-13-11-26(12-14-27)18-28(22-7-5-6-8-22)16-23(32-26)17-30-4/h9-10,15,19,22-23H,5-8,11-14,16-18H2,1-4H3. The first-order valence-electron chi connectivity index (χ1n) is 12.4. The minimum absolute atomic E-state index is 0.107. The summed E-state index contributed by atoms with van der Waals surface area (Å²) in [5, 5.41) is 0. The van der Waals surface area contributed by atoms with Crippen LogP contribution in [0.15, 0.2) is 18.2 Å². The molecule has 1 aliphatic carbocycles. The van der Waals surface area contributed by atoms with E-state index in [-0.39, 0.29) is 23.7 Å². The normalized spacial score (nSPS) is 24.4. The zero-order valence-electron chi connectivity index (χ0n) is 20.3. The van der Waals surface area contributed by atoms with Crippen LogP contribution < -0.4 is 4.74 Å². The number of carbonyl (C=O) groups excluding carboxylic acids is 1. The van der Waals surface area contributed by atoms with E-state index >= 15 is 0 Å². The molecule has 3 aliphatic rings. The Morgan fingerprint density at radius 3 is 2.56 bits per heavy atom. The summed E-state index contributed by atoms with van der Waals surface area (Å²) in [7, 11) is 1.76. The highest BCUT2D eigenvalue weighted by Gasteiger charge is 2.45. The molecule has 0 N–H and O–H groups in total. The first-order chi connectivity index (χ1) is 15.4. The van der Waals surface area contributed by atoms with Crippen molar-refractivity contribution in [3.05, 3.63) is 29.3 Å². The average Bonchev–Trinajstić information content (AvgIpc) is 3.30. The summed E-state index contributed by atoms with van der Waals surface area (Å²) < 4.78 is 17.9. The quantitative estimate of drug-likeness (QED) is 0.663.